The Balaban J connectivity index is 3.34. The molecule has 20 heavy (non-hydrogen) atoms. The van der Waals surface area contributed by atoms with Crippen molar-refractivity contribution in [1.82, 2.24) is 0 Å². The number of carbonyl (C=O) groups excluding carboxylic acids is 1. The molecule has 108 valence electrons. The molecule has 0 aromatic heterocycles. The Morgan fingerprint density at radius 1 is 1.35 bits per heavy atom. The summed E-state index contributed by atoms with van der Waals surface area (Å²) in [6.07, 6.45) is -4.57. The molecule has 0 aliphatic carbocycles. The zero-order chi connectivity index (χ0) is 15.3. The molecule has 0 unspecified atom stereocenters. The number of alkyl halides is 3. The van der Waals surface area contributed by atoms with Crippen molar-refractivity contribution < 1.29 is 27.4 Å². The molecule has 0 bridgehead atoms. The highest BCUT2D eigenvalue weighted by atomic mass is 19.4. The summed E-state index contributed by atoms with van der Waals surface area (Å²) in [7, 11) is 0. The molecule has 4 nitrogen and oxygen atoms in total. The third kappa shape index (κ3) is 3.88. The minimum atomic E-state index is -4.94. The monoisotopic (exact) mass is 287 g/mol. The molecule has 0 saturated carbocycles. The number of benzene rings is 1. The second kappa shape index (κ2) is 6.28. The van der Waals surface area contributed by atoms with E-state index in [1.54, 1.807) is 19.9 Å². The van der Waals surface area contributed by atoms with Crippen molar-refractivity contribution in [2.45, 2.75) is 26.6 Å². The predicted octanol–water partition coefficient (Wildman–Crippen LogP) is 3.20. The molecule has 1 aromatic rings. The summed E-state index contributed by atoms with van der Waals surface area (Å²) in [5.41, 5.74) is 0.106. The standard InChI is InChI=1S/C13H12F3NO3/c1-3-8-5-9(7-17)11(20-13(14,15)16)6-10(8)12(18)19-4-2/h5-6H,3-4H2,1-2H3. The SMILES string of the molecule is CCOC(=O)c1cc(OC(F)(F)F)c(C#N)cc1CC. The lowest BCUT2D eigenvalue weighted by atomic mass is 10.0. The van der Waals surface area contributed by atoms with E-state index >= 15 is 0 Å². The lowest BCUT2D eigenvalue weighted by Crippen LogP contribution is -2.19. The zero-order valence-corrected chi connectivity index (χ0v) is 10.9. The van der Waals surface area contributed by atoms with E-state index in [9.17, 15) is 18.0 Å². The van der Waals surface area contributed by atoms with E-state index in [4.69, 9.17) is 10.00 Å². The molecule has 0 saturated heterocycles. The van der Waals surface area contributed by atoms with Gasteiger partial charge < -0.3 is 9.47 Å². The van der Waals surface area contributed by atoms with E-state index in [1.165, 1.54) is 6.07 Å². The molecular formula is C13H12F3NO3. The van der Waals surface area contributed by atoms with Gasteiger partial charge in [0.15, 0.2) is 0 Å². The predicted molar refractivity (Wildman–Crippen MR) is 63.2 cm³/mol. The van der Waals surface area contributed by atoms with Crippen LogP contribution in [-0.4, -0.2) is 18.9 Å². The maximum atomic E-state index is 12.3. The number of esters is 1. The van der Waals surface area contributed by atoms with E-state index in [0.29, 0.717) is 12.0 Å². The van der Waals surface area contributed by atoms with Crippen molar-refractivity contribution in [2.75, 3.05) is 6.61 Å². The number of nitriles is 1. The van der Waals surface area contributed by atoms with Crippen LogP contribution in [0.25, 0.3) is 0 Å². The molecule has 0 fully saturated rings. The van der Waals surface area contributed by atoms with Gasteiger partial charge in [0.05, 0.1) is 17.7 Å². The van der Waals surface area contributed by atoms with E-state index in [0.717, 1.165) is 6.07 Å². The van der Waals surface area contributed by atoms with Gasteiger partial charge in [-0.15, -0.1) is 13.2 Å². The lowest BCUT2D eigenvalue weighted by molar-refractivity contribution is -0.274. The van der Waals surface area contributed by atoms with Crippen LogP contribution >= 0.6 is 0 Å². The number of aryl methyl sites for hydroxylation is 1. The normalized spacial score (nSPS) is 10.8. The highest BCUT2D eigenvalue weighted by Gasteiger charge is 2.33. The summed E-state index contributed by atoms with van der Waals surface area (Å²) in [5, 5.41) is 8.85. The molecule has 0 heterocycles. The summed E-state index contributed by atoms with van der Waals surface area (Å²) < 4.78 is 45.4. The first-order chi connectivity index (χ1) is 9.32. The number of hydrogen-bond acceptors (Lipinski definition) is 4. The van der Waals surface area contributed by atoms with Crippen LogP contribution in [0.15, 0.2) is 12.1 Å². The fourth-order valence-corrected chi connectivity index (χ4v) is 1.61. The van der Waals surface area contributed by atoms with Crippen molar-refractivity contribution >= 4 is 5.97 Å². The van der Waals surface area contributed by atoms with Gasteiger partial charge in [0.25, 0.3) is 0 Å². The van der Waals surface area contributed by atoms with Crippen molar-refractivity contribution in [2.24, 2.45) is 0 Å². The molecule has 0 N–H and O–H groups in total. The Morgan fingerprint density at radius 2 is 2.00 bits per heavy atom. The van der Waals surface area contributed by atoms with Crippen molar-refractivity contribution in [3.8, 4) is 11.8 Å². The average molecular weight is 287 g/mol. The van der Waals surface area contributed by atoms with Crippen LogP contribution in [0.2, 0.25) is 0 Å². The quantitative estimate of drug-likeness (QED) is 0.798. The van der Waals surface area contributed by atoms with Gasteiger partial charge in [0, 0.05) is 0 Å². The Morgan fingerprint density at radius 3 is 2.45 bits per heavy atom. The van der Waals surface area contributed by atoms with Gasteiger partial charge in [-0.1, -0.05) is 6.92 Å². The van der Waals surface area contributed by atoms with Crippen LogP contribution in [0.5, 0.6) is 5.75 Å². The fraction of sp³-hybridized carbons (Fsp3) is 0.385. The van der Waals surface area contributed by atoms with Gasteiger partial charge in [-0.3, -0.25) is 0 Å². The minimum absolute atomic E-state index is 0.0346. The fourth-order valence-electron chi connectivity index (χ4n) is 1.61. The highest BCUT2D eigenvalue weighted by Crippen LogP contribution is 2.29. The van der Waals surface area contributed by atoms with E-state index in [2.05, 4.69) is 4.74 Å². The first-order valence-electron chi connectivity index (χ1n) is 5.82. The molecule has 0 atom stereocenters. The molecule has 1 aromatic carbocycles. The van der Waals surface area contributed by atoms with Gasteiger partial charge in [-0.2, -0.15) is 5.26 Å². The van der Waals surface area contributed by atoms with Crippen molar-refractivity contribution in [1.29, 1.82) is 5.26 Å². The summed E-state index contributed by atoms with van der Waals surface area (Å²) in [6.45, 7) is 3.39. The van der Waals surface area contributed by atoms with E-state index in [-0.39, 0.29) is 17.7 Å². The molecule has 1 rings (SSSR count). The summed E-state index contributed by atoms with van der Waals surface area (Å²) in [5.74, 6) is -1.46. The molecule has 0 spiro atoms. The van der Waals surface area contributed by atoms with Crippen LogP contribution in [0, 0.1) is 11.3 Å². The third-order valence-electron chi connectivity index (χ3n) is 2.43. The van der Waals surface area contributed by atoms with Gasteiger partial charge in [-0.25, -0.2) is 4.79 Å². The third-order valence-corrected chi connectivity index (χ3v) is 2.43. The molecule has 7 heteroatoms. The van der Waals surface area contributed by atoms with E-state index < -0.39 is 18.1 Å². The van der Waals surface area contributed by atoms with Crippen molar-refractivity contribution in [3.63, 3.8) is 0 Å². The molecule has 0 amide bonds. The second-order valence-electron chi connectivity index (χ2n) is 3.74. The molecule has 0 aliphatic rings. The van der Waals surface area contributed by atoms with Gasteiger partial charge in [-0.05, 0) is 31.0 Å². The first kappa shape index (κ1) is 15.8. The number of halogens is 3. The van der Waals surface area contributed by atoms with Gasteiger partial charge >= 0.3 is 12.3 Å². The largest absolute Gasteiger partial charge is 0.573 e. The smallest absolute Gasteiger partial charge is 0.462 e. The number of nitrogens with zero attached hydrogens (tertiary/aromatic N) is 1. The van der Waals surface area contributed by atoms with Crippen LogP contribution in [0.3, 0.4) is 0 Å². The molecule has 0 aliphatic heterocycles. The van der Waals surface area contributed by atoms with E-state index in [1.807, 2.05) is 0 Å². The maximum absolute atomic E-state index is 12.3. The number of carbonyl (C=O) groups is 1. The number of rotatable bonds is 4. The lowest BCUT2D eigenvalue weighted by Gasteiger charge is -2.14. The highest BCUT2D eigenvalue weighted by molar-refractivity contribution is 5.92. The van der Waals surface area contributed by atoms with Crippen LogP contribution < -0.4 is 4.74 Å². The van der Waals surface area contributed by atoms with Crippen LogP contribution in [0.4, 0.5) is 13.2 Å². The van der Waals surface area contributed by atoms with Crippen LogP contribution in [0.1, 0.15) is 35.3 Å². The van der Waals surface area contributed by atoms with Gasteiger partial charge in [0.2, 0.25) is 0 Å². The summed E-state index contributed by atoms with van der Waals surface area (Å²) in [6, 6.07) is 3.71. The molecular weight excluding hydrogens is 275 g/mol. The maximum Gasteiger partial charge on any atom is 0.573 e. The topological polar surface area (TPSA) is 59.3 Å². The van der Waals surface area contributed by atoms with Crippen molar-refractivity contribution in [3.05, 3.63) is 28.8 Å². The first-order valence-corrected chi connectivity index (χ1v) is 5.82. The molecule has 0 radical (unpaired) electrons. The number of hydrogen-bond donors (Lipinski definition) is 0. The number of ether oxygens (including phenoxy) is 2. The Hall–Kier alpha value is -2.23. The second-order valence-corrected chi connectivity index (χ2v) is 3.74. The van der Waals surface area contributed by atoms with Crippen LogP contribution in [-0.2, 0) is 11.2 Å². The average Bonchev–Trinajstić information content (AvgIpc) is 2.36. The summed E-state index contributed by atoms with van der Waals surface area (Å²) >= 11 is 0. The summed E-state index contributed by atoms with van der Waals surface area (Å²) in [4.78, 5) is 11.7. The zero-order valence-electron chi connectivity index (χ0n) is 10.9. The Labute approximate surface area is 113 Å². The minimum Gasteiger partial charge on any atom is -0.462 e. The Kier molecular flexibility index (Phi) is 4.97. The van der Waals surface area contributed by atoms with Gasteiger partial charge in [0.1, 0.15) is 11.8 Å². The Bertz CT molecular complexity index is 547.